The van der Waals surface area contributed by atoms with Gasteiger partial charge in [0, 0.05) is 25.5 Å². The van der Waals surface area contributed by atoms with Gasteiger partial charge in [0.1, 0.15) is 22.0 Å². The number of furan rings is 1. The zero-order valence-corrected chi connectivity index (χ0v) is 14.1. The Balaban J connectivity index is 2.53. The third kappa shape index (κ3) is 2.99. The van der Waals surface area contributed by atoms with Crippen LogP contribution in [0.1, 0.15) is 40.4 Å². The first-order valence-corrected chi connectivity index (χ1v) is 8.33. The third-order valence-electron chi connectivity index (χ3n) is 3.79. The number of carbonyl (C=O) groups is 1. The number of hydrogen-bond acceptors (Lipinski definition) is 5. The molecule has 8 heteroatoms. The normalized spacial score (nSPS) is 13.3. The van der Waals surface area contributed by atoms with Crippen LogP contribution in [0.5, 0.6) is 0 Å². The highest BCUT2D eigenvalue weighted by Crippen LogP contribution is 2.32. The number of pyridine rings is 1. The van der Waals surface area contributed by atoms with Crippen LogP contribution >= 0.6 is 0 Å². The Kier molecular flexibility index (Phi) is 4.58. The van der Waals surface area contributed by atoms with Gasteiger partial charge in [-0.15, -0.1) is 0 Å². The average Bonchev–Trinajstić information content (AvgIpc) is 2.81. The van der Waals surface area contributed by atoms with Gasteiger partial charge in [0.25, 0.3) is 0 Å². The van der Waals surface area contributed by atoms with E-state index in [2.05, 4.69) is 4.98 Å². The average molecular weight is 338 g/mol. The number of nitrogens with zero attached hydrogens (tertiary/aromatic N) is 2. The van der Waals surface area contributed by atoms with Crippen molar-refractivity contribution in [1.29, 1.82) is 0 Å². The molecule has 2 aromatic rings. The van der Waals surface area contributed by atoms with E-state index in [1.54, 1.807) is 31.5 Å². The summed E-state index contributed by atoms with van der Waals surface area (Å²) in [6.07, 6.45) is 3.14. The molecular weight excluding hydrogens is 320 g/mol. The Bertz CT molecular complexity index is 827. The van der Waals surface area contributed by atoms with Crippen molar-refractivity contribution in [3.05, 3.63) is 47.2 Å². The van der Waals surface area contributed by atoms with Crippen LogP contribution in [0, 0.1) is 13.8 Å². The van der Waals surface area contributed by atoms with E-state index in [0.29, 0.717) is 0 Å². The van der Waals surface area contributed by atoms with Crippen LogP contribution in [0.2, 0.25) is 0 Å². The highest BCUT2D eigenvalue weighted by Gasteiger charge is 2.35. The van der Waals surface area contributed by atoms with Gasteiger partial charge in [-0.05, 0) is 38.5 Å². The Morgan fingerprint density at radius 3 is 2.35 bits per heavy atom. The van der Waals surface area contributed by atoms with Crippen LogP contribution in [0.25, 0.3) is 0 Å². The van der Waals surface area contributed by atoms with Gasteiger partial charge in [0.15, 0.2) is 0 Å². The van der Waals surface area contributed by atoms with Gasteiger partial charge in [0.2, 0.25) is 10.0 Å². The molecule has 1 N–H and O–H groups in total. The lowest BCUT2D eigenvalue weighted by molar-refractivity contribution is 0.0691. The van der Waals surface area contributed by atoms with Crippen LogP contribution in [0.15, 0.2) is 33.8 Å². The lowest BCUT2D eigenvalue weighted by atomic mass is 10.1. The molecule has 0 aliphatic heterocycles. The van der Waals surface area contributed by atoms with E-state index in [-0.39, 0.29) is 22.0 Å². The number of carboxylic acid groups (broad SMARTS) is 1. The fraction of sp³-hybridized carbons (Fsp3) is 0.333. The van der Waals surface area contributed by atoms with Crippen molar-refractivity contribution in [2.75, 3.05) is 7.05 Å². The maximum absolute atomic E-state index is 12.9. The van der Waals surface area contributed by atoms with Gasteiger partial charge in [0.05, 0.1) is 0 Å². The van der Waals surface area contributed by atoms with Gasteiger partial charge in [-0.1, -0.05) is 0 Å². The fourth-order valence-electron chi connectivity index (χ4n) is 2.43. The van der Waals surface area contributed by atoms with E-state index in [9.17, 15) is 18.3 Å². The number of aryl methyl sites for hydroxylation is 2. The Morgan fingerprint density at radius 2 is 1.83 bits per heavy atom. The summed E-state index contributed by atoms with van der Waals surface area (Å²) in [5.41, 5.74) is 0.428. The molecule has 0 fully saturated rings. The molecule has 0 aromatic carbocycles. The largest absolute Gasteiger partial charge is 0.478 e. The highest BCUT2D eigenvalue weighted by atomic mass is 32.2. The van der Waals surface area contributed by atoms with Crippen molar-refractivity contribution >= 4 is 16.0 Å². The zero-order chi connectivity index (χ0) is 17.4. The molecule has 1 unspecified atom stereocenters. The van der Waals surface area contributed by atoms with Crippen LogP contribution in [-0.4, -0.2) is 35.8 Å². The summed E-state index contributed by atoms with van der Waals surface area (Å²) in [4.78, 5) is 15.0. The third-order valence-corrected chi connectivity index (χ3v) is 5.87. The van der Waals surface area contributed by atoms with Crippen molar-refractivity contribution in [2.24, 2.45) is 0 Å². The molecule has 2 aromatic heterocycles. The summed E-state index contributed by atoms with van der Waals surface area (Å²) < 4.78 is 32.1. The smallest absolute Gasteiger partial charge is 0.340 e. The molecular formula is C15H18N2O5S. The molecule has 0 saturated heterocycles. The molecule has 1 atom stereocenters. The summed E-state index contributed by atoms with van der Waals surface area (Å²) in [7, 11) is -2.62. The molecule has 0 amide bonds. The van der Waals surface area contributed by atoms with Gasteiger partial charge >= 0.3 is 5.97 Å². The molecule has 0 radical (unpaired) electrons. The lowest BCUT2D eigenvalue weighted by Gasteiger charge is -2.24. The van der Waals surface area contributed by atoms with Crippen molar-refractivity contribution in [1.82, 2.24) is 9.29 Å². The van der Waals surface area contributed by atoms with Crippen LogP contribution < -0.4 is 0 Å². The van der Waals surface area contributed by atoms with E-state index in [0.717, 1.165) is 9.87 Å². The summed E-state index contributed by atoms with van der Waals surface area (Å²) >= 11 is 0. The number of carboxylic acids is 1. The quantitative estimate of drug-likeness (QED) is 0.898. The molecule has 0 bridgehead atoms. The highest BCUT2D eigenvalue weighted by molar-refractivity contribution is 7.89. The summed E-state index contributed by atoms with van der Waals surface area (Å²) in [5.74, 6) is -1.20. The molecule has 7 nitrogen and oxygen atoms in total. The minimum atomic E-state index is -4.03. The van der Waals surface area contributed by atoms with Gasteiger partial charge in [-0.2, -0.15) is 4.31 Å². The number of hydrogen-bond donors (Lipinski definition) is 1. The van der Waals surface area contributed by atoms with Crippen LogP contribution in [0.4, 0.5) is 0 Å². The first-order chi connectivity index (χ1) is 10.7. The van der Waals surface area contributed by atoms with Crippen LogP contribution in [-0.2, 0) is 10.0 Å². The molecule has 0 aliphatic carbocycles. The van der Waals surface area contributed by atoms with E-state index >= 15 is 0 Å². The van der Waals surface area contributed by atoms with Crippen molar-refractivity contribution in [2.45, 2.75) is 31.7 Å². The molecule has 2 rings (SSSR count). The van der Waals surface area contributed by atoms with E-state index in [1.807, 2.05) is 0 Å². The second kappa shape index (κ2) is 6.13. The summed E-state index contributed by atoms with van der Waals surface area (Å²) in [5, 5.41) is 9.31. The van der Waals surface area contributed by atoms with E-state index < -0.39 is 22.0 Å². The molecule has 0 saturated carbocycles. The Morgan fingerprint density at radius 1 is 1.26 bits per heavy atom. The maximum Gasteiger partial charge on any atom is 0.340 e. The molecule has 0 aliphatic rings. The van der Waals surface area contributed by atoms with Gasteiger partial charge < -0.3 is 9.52 Å². The van der Waals surface area contributed by atoms with E-state index in [1.165, 1.54) is 20.9 Å². The second-order valence-corrected chi connectivity index (χ2v) is 7.14. The predicted octanol–water partition coefficient (Wildman–Crippen LogP) is 2.37. The van der Waals surface area contributed by atoms with Crippen molar-refractivity contribution in [3.63, 3.8) is 0 Å². The predicted molar refractivity (Wildman–Crippen MR) is 82.7 cm³/mol. The minimum Gasteiger partial charge on any atom is -0.478 e. The molecule has 2 heterocycles. The molecule has 23 heavy (non-hydrogen) atoms. The Hall–Kier alpha value is -2.19. The molecule has 0 spiro atoms. The van der Waals surface area contributed by atoms with E-state index in [4.69, 9.17) is 4.42 Å². The number of sulfonamides is 1. The first-order valence-electron chi connectivity index (χ1n) is 6.89. The van der Waals surface area contributed by atoms with Crippen molar-refractivity contribution < 1.29 is 22.7 Å². The number of rotatable bonds is 5. The zero-order valence-electron chi connectivity index (χ0n) is 13.3. The first kappa shape index (κ1) is 17.2. The van der Waals surface area contributed by atoms with Crippen molar-refractivity contribution in [3.8, 4) is 0 Å². The Labute approximate surface area is 134 Å². The SMILES string of the molecule is Cc1oc(C)c(S(=O)(=O)N(C)C(C)c2ccncc2)c1C(=O)O. The number of aromatic carboxylic acids is 1. The van der Waals surface area contributed by atoms with Crippen LogP contribution in [0.3, 0.4) is 0 Å². The minimum absolute atomic E-state index is 0.0636. The van der Waals surface area contributed by atoms with Gasteiger partial charge in [-0.3, -0.25) is 4.98 Å². The summed E-state index contributed by atoms with van der Waals surface area (Å²) in [6, 6.07) is 2.93. The molecule has 124 valence electrons. The monoisotopic (exact) mass is 338 g/mol. The topological polar surface area (TPSA) is 101 Å². The maximum atomic E-state index is 12.9. The standard InChI is InChI=1S/C15H18N2O5S/c1-9(12-5-7-16-8-6-12)17(4)23(20,21)14-11(3)22-10(2)13(14)15(18)19/h5-9H,1-4H3,(H,18,19). The number of aromatic nitrogens is 1. The second-order valence-electron chi connectivity index (χ2n) is 5.20. The summed E-state index contributed by atoms with van der Waals surface area (Å²) in [6.45, 7) is 4.59. The lowest BCUT2D eigenvalue weighted by Crippen LogP contribution is -2.31. The fourth-order valence-corrected chi connectivity index (χ4v) is 4.15. The van der Waals surface area contributed by atoms with Gasteiger partial charge in [-0.25, -0.2) is 13.2 Å².